The maximum atomic E-state index is 12.5. The van der Waals surface area contributed by atoms with Crippen molar-refractivity contribution in [3.05, 3.63) is 46.7 Å². The minimum atomic E-state index is -0.517. The number of benzene rings is 1. The number of imidazole rings is 1. The summed E-state index contributed by atoms with van der Waals surface area (Å²) in [4.78, 5) is 23.4. The van der Waals surface area contributed by atoms with Crippen LogP contribution in [-0.4, -0.2) is 50.7 Å². The van der Waals surface area contributed by atoms with Crippen molar-refractivity contribution in [2.24, 2.45) is 5.92 Å². The van der Waals surface area contributed by atoms with Crippen molar-refractivity contribution in [1.29, 1.82) is 5.26 Å². The normalized spacial score (nSPS) is 16.5. The lowest BCUT2D eigenvalue weighted by atomic mass is 9.99. The molecule has 0 bridgehead atoms. The lowest BCUT2D eigenvalue weighted by Crippen LogP contribution is -2.44. The lowest BCUT2D eigenvalue weighted by molar-refractivity contribution is 0.0136. The second-order valence-electron chi connectivity index (χ2n) is 9.11. The molecule has 1 atom stereocenters. The van der Waals surface area contributed by atoms with E-state index in [4.69, 9.17) is 19.7 Å². The van der Waals surface area contributed by atoms with Crippen LogP contribution in [0.5, 0.6) is 6.01 Å². The van der Waals surface area contributed by atoms with Gasteiger partial charge in [0.15, 0.2) is 5.65 Å². The Morgan fingerprint density at radius 2 is 2.06 bits per heavy atom. The second-order valence-corrected chi connectivity index (χ2v) is 9.91. The summed E-state index contributed by atoms with van der Waals surface area (Å²) in [6.07, 6.45) is 5.08. The van der Waals surface area contributed by atoms with E-state index < -0.39 is 5.60 Å². The number of carbonyl (C=O) groups excluding carboxylic acids is 1. The Morgan fingerprint density at radius 3 is 2.76 bits per heavy atom. The molecule has 1 aliphatic rings. The maximum Gasteiger partial charge on any atom is 0.410 e. The van der Waals surface area contributed by atoms with Crippen LogP contribution in [0.4, 0.5) is 4.79 Å². The van der Waals surface area contributed by atoms with E-state index in [0.717, 1.165) is 22.9 Å². The molecular formula is C24H26BrN5O3. The summed E-state index contributed by atoms with van der Waals surface area (Å²) in [7, 11) is 0. The third-order valence-corrected chi connectivity index (χ3v) is 6.09. The molecule has 3 heterocycles. The van der Waals surface area contributed by atoms with Gasteiger partial charge in [0.25, 0.3) is 0 Å². The smallest absolute Gasteiger partial charge is 0.410 e. The molecule has 0 aliphatic carbocycles. The molecule has 33 heavy (non-hydrogen) atoms. The molecular weight excluding hydrogens is 486 g/mol. The van der Waals surface area contributed by atoms with Gasteiger partial charge < -0.3 is 14.4 Å². The molecule has 0 saturated carbocycles. The fraction of sp³-hybridized carbons (Fsp3) is 0.417. The topological polar surface area (TPSA) is 92.7 Å². The van der Waals surface area contributed by atoms with Gasteiger partial charge in [-0.3, -0.25) is 4.40 Å². The predicted octanol–water partition coefficient (Wildman–Crippen LogP) is 5.06. The number of halogens is 1. The molecule has 1 aliphatic heterocycles. The van der Waals surface area contributed by atoms with Gasteiger partial charge in [0.2, 0.25) is 0 Å². The number of fused-ring (bicyclic) bond motifs is 1. The van der Waals surface area contributed by atoms with Crippen molar-refractivity contribution in [1.82, 2.24) is 19.3 Å². The average Bonchev–Trinajstić information content (AvgIpc) is 3.29. The third kappa shape index (κ3) is 5.28. The van der Waals surface area contributed by atoms with Crippen molar-refractivity contribution >= 4 is 27.7 Å². The number of amides is 1. The first kappa shape index (κ1) is 23.1. The van der Waals surface area contributed by atoms with E-state index in [9.17, 15) is 4.79 Å². The molecule has 9 heteroatoms. The van der Waals surface area contributed by atoms with Crippen molar-refractivity contribution in [3.8, 4) is 23.3 Å². The number of hydrogen-bond donors (Lipinski definition) is 0. The first-order valence-electron chi connectivity index (χ1n) is 10.9. The summed E-state index contributed by atoms with van der Waals surface area (Å²) >= 11 is 3.62. The van der Waals surface area contributed by atoms with Crippen molar-refractivity contribution in [2.75, 3.05) is 19.7 Å². The van der Waals surface area contributed by atoms with Gasteiger partial charge in [0.1, 0.15) is 5.60 Å². The van der Waals surface area contributed by atoms with E-state index >= 15 is 0 Å². The van der Waals surface area contributed by atoms with Crippen LogP contribution in [0.25, 0.3) is 16.9 Å². The van der Waals surface area contributed by atoms with Crippen LogP contribution in [0, 0.1) is 17.2 Å². The summed E-state index contributed by atoms with van der Waals surface area (Å²) in [5.74, 6) is 0.175. The number of likely N-dealkylation sites (tertiary alicyclic amines) is 1. The van der Waals surface area contributed by atoms with Crippen LogP contribution >= 0.6 is 15.9 Å². The Hall–Kier alpha value is -3.12. The van der Waals surface area contributed by atoms with Gasteiger partial charge in [-0.25, -0.2) is 9.78 Å². The van der Waals surface area contributed by atoms with Crippen molar-refractivity contribution in [3.63, 3.8) is 0 Å². The Balaban J connectivity index is 1.53. The molecule has 1 saturated heterocycles. The number of carbonyl (C=O) groups is 1. The summed E-state index contributed by atoms with van der Waals surface area (Å²) in [6.45, 7) is 7.31. The molecule has 0 N–H and O–H groups in total. The molecule has 172 valence electrons. The highest BCUT2D eigenvalue weighted by Gasteiger charge is 2.28. The monoisotopic (exact) mass is 511 g/mol. The van der Waals surface area contributed by atoms with Crippen LogP contribution in [0.1, 0.15) is 39.2 Å². The van der Waals surface area contributed by atoms with Gasteiger partial charge in [-0.15, -0.1) is 0 Å². The summed E-state index contributed by atoms with van der Waals surface area (Å²) in [6, 6.07) is 9.78. The molecule has 8 nitrogen and oxygen atoms in total. The third-order valence-electron chi connectivity index (χ3n) is 5.36. The van der Waals surface area contributed by atoms with Crippen LogP contribution in [-0.2, 0) is 4.74 Å². The van der Waals surface area contributed by atoms with Gasteiger partial charge in [-0.1, -0.05) is 12.1 Å². The number of piperidine rings is 1. The van der Waals surface area contributed by atoms with Crippen LogP contribution < -0.4 is 4.74 Å². The van der Waals surface area contributed by atoms with E-state index in [-0.39, 0.29) is 12.0 Å². The zero-order valence-electron chi connectivity index (χ0n) is 18.9. The quantitative estimate of drug-likeness (QED) is 0.486. The highest BCUT2D eigenvalue weighted by Crippen LogP contribution is 2.32. The second kappa shape index (κ2) is 9.40. The number of rotatable bonds is 4. The zero-order chi connectivity index (χ0) is 23.6. The van der Waals surface area contributed by atoms with Gasteiger partial charge in [-0.05, 0) is 61.7 Å². The van der Waals surface area contributed by atoms with Gasteiger partial charge in [0, 0.05) is 37.0 Å². The summed E-state index contributed by atoms with van der Waals surface area (Å²) in [5.41, 5.74) is 2.30. The Bertz CT molecular complexity index is 1190. The SMILES string of the molecule is CC(C)(C)OC(=O)N1CCC[C@@H](COc2nc(-c3ccc(C#N)cc3)c(Br)c3nccn23)C1. The van der Waals surface area contributed by atoms with Gasteiger partial charge >= 0.3 is 12.1 Å². The predicted molar refractivity (Wildman–Crippen MR) is 127 cm³/mol. The molecule has 1 amide bonds. The van der Waals surface area contributed by atoms with Crippen molar-refractivity contribution in [2.45, 2.75) is 39.2 Å². The molecule has 2 aromatic heterocycles. The number of aromatic nitrogens is 3. The largest absolute Gasteiger partial charge is 0.464 e. The summed E-state index contributed by atoms with van der Waals surface area (Å²) in [5, 5.41) is 9.07. The van der Waals surface area contributed by atoms with Crippen LogP contribution in [0.2, 0.25) is 0 Å². The molecule has 0 radical (unpaired) electrons. The molecule has 0 unspecified atom stereocenters. The van der Waals surface area contributed by atoms with E-state index in [2.05, 4.69) is 27.0 Å². The van der Waals surface area contributed by atoms with E-state index in [1.807, 2.05) is 32.9 Å². The minimum absolute atomic E-state index is 0.175. The first-order chi connectivity index (χ1) is 15.7. The number of nitrogens with zero attached hydrogens (tertiary/aromatic N) is 5. The number of nitriles is 1. The standard InChI is InChI=1S/C24H26BrN5O3/c1-24(2,3)33-23(31)29-11-4-5-17(14-29)15-32-22-28-20(18-8-6-16(13-26)7-9-18)19(25)21-27-10-12-30(21)22/h6-10,12,17H,4-5,11,14-15H2,1-3H3/t17-/m1/s1. The van der Waals surface area contributed by atoms with Crippen LogP contribution in [0.3, 0.4) is 0 Å². The fourth-order valence-corrected chi connectivity index (χ4v) is 4.42. The van der Waals surface area contributed by atoms with E-state index in [1.165, 1.54) is 0 Å². The van der Waals surface area contributed by atoms with E-state index in [0.29, 0.717) is 42.6 Å². The minimum Gasteiger partial charge on any atom is -0.464 e. The Kier molecular flexibility index (Phi) is 6.56. The van der Waals surface area contributed by atoms with Gasteiger partial charge in [0.05, 0.1) is 28.4 Å². The summed E-state index contributed by atoms with van der Waals surface area (Å²) < 4.78 is 14.2. The number of hydrogen-bond acceptors (Lipinski definition) is 6. The Labute approximate surface area is 201 Å². The first-order valence-corrected chi connectivity index (χ1v) is 11.7. The number of ether oxygens (including phenoxy) is 2. The lowest BCUT2D eigenvalue weighted by Gasteiger charge is -2.33. The van der Waals surface area contributed by atoms with E-state index in [1.54, 1.807) is 33.8 Å². The molecule has 1 aromatic carbocycles. The maximum absolute atomic E-state index is 12.5. The van der Waals surface area contributed by atoms with Crippen molar-refractivity contribution < 1.29 is 14.3 Å². The average molecular weight is 512 g/mol. The van der Waals surface area contributed by atoms with Gasteiger partial charge in [-0.2, -0.15) is 10.2 Å². The Morgan fingerprint density at radius 1 is 1.30 bits per heavy atom. The molecule has 4 rings (SSSR count). The van der Waals surface area contributed by atoms with Crippen LogP contribution in [0.15, 0.2) is 41.1 Å². The highest BCUT2D eigenvalue weighted by atomic mass is 79.9. The zero-order valence-corrected chi connectivity index (χ0v) is 20.5. The molecule has 3 aromatic rings. The fourth-order valence-electron chi connectivity index (χ4n) is 3.81. The molecule has 1 fully saturated rings. The molecule has 0 spiro atoms. The highest BCUT2D eigenvalue weighted by molar-refractivity contribution is 9.10.